The minimum absolute atomic E-state index is 0.359. The number of anilines is 1. The van der Waals surface area contributed by atoms with E-state index < -0.39 is 0 Å². The third kappa shape index (κ3) is 2.16. The third-order valence-electron chi connectivity index (χ3n) is 4.13. The van der Waals surface area contributed by atoms with Crippen molar-refractivity contribution in [2.75, 3.05) is 24.5 Å². The summed E-state index contributed by atoms with van der Waals surface area (Å²) in [6, 6.07) is 8.19. The number of hydrogen-bond donors (Lipinski definition) is 1. The highest BCUT2D eigenvalue weighted by molar-refractivity contribution is 6.33. The topological polar surface area (TPSA) is 15.3 Å². The summed E-state index contributed by atoms with van der Waals surface area (Å²) in [4.78, 5) is 2.45. The van der Waals surface area contributed by atoms with E-state index in [-0.39, 0.29) is 0 Å². The van der Waals surface area contributed by atoms with Crippen molar-refractivity contribution in [1.29, 1.82) is 0 Å². The van der Waals surface area contributed by atoms with Crippen molar-refractivity contribution in [3.8, 4) is 0 Å². The van der Waals surface area contributed by atoms with Crippen LogP contribution in [0, 0.1) is 0 Å². The lowest BCUT2D eigenvalue weighted by Crippen LogP contribution is -2.59. The summed E-state index contributed by atoms with van der Waals surface area (Å²) in [6.07, 6.45) is 5.36. The van der Waals surface area contributed by atoms with Crippen molar-refractivity contribution < 1.29 is 0 Å². The monoisotopic (exact) mass is 250 g/mol. The van der Waals surface area contributed by atoms with Crippen LogP contribution in [0.5, 0.6) is 0 Å². The van der Waals surface area contributed by atoms with E-state index in [9.17, 15) is 0 Å². The lowest BCUT2D eigenvalue weighted by atomic mass is 9.94. The quantitative estimate of drug-likeness (QED) is 0.824. The van der Waals surface area contributed by atoms with Crippen molar-refractivity contribution in [1.82, 2.24) is 5.32 Å². The summed E-state index contributed by atoms with van der Waals surface area (Å²) >= 11 is 6.29. The minimum atomic E-state index is 0.359. The van der Waals surface area contributed by atoms with Crippen molar-refractivity contribution in [3.05, 3.63) is 29.3 Å². The summed E-state index contributed by atoms with van der Waals surface area (Å²) in [5.74, 6) is 0. The van der Waals surface area contributed by atoms with Gasteiger partial charge in [-0.15, -0.1) is 0 Å². The number of rotatable bonds is 1. The first-order valence-electron chi connectivity index (χ1n) is 6.54. The predicted octanol–water partition coefficient (Wildman–Crippen LogP) is 3.06. The molecular weight excluding hydrogens is 232 g/mol. The van der Waals surface area contributed by atoms with Crippen LogP contribution in [0.4, 0.5) is 5.69 Å². The number of halogens is 1. The number of nitrogens with one attached hydrogen (secondary N) is 1. The molecule has 3 heteroatoms. The maximum absolute atomic E-state index is 6.29. The van der Waals surface area contributed by atoms with Crippen molar-refractivity contribution in [2.24, 2.45) is 0 Å². The van der Waals surface area contributed by atoms with Crippen molar-refractivity contribution >= 4 is 17.3 Å². The molecule has 1 aliphatic heterocycles. The van der Waals surface area contributed by atoms with Gasteiger partial charge in [0.2, 0.25) is 0 Å². The standard InChI is InChI=1S/C14H19ClN2/c15-12-5-1-2-6-13(12)17-10-9-16-14(11-17)7-3-4-8-14/h1-2,5-6,16H,3-4,7-11H2. The van der Waals surface area contributed by atoms with Gasteiger partial charge in [0, 0.05) is 25.2 Å². The normalized spacial score (nSPS) is 23.2. The highest BCUT2D eigenvalue weighted by Crippen LogP contribution is 2.35. The molecule has 0 bridgehead atoms. The molecule has 1 saturated carbocycles. The molecule has 2 fully saturated rings. The van der Waals surface area contributed by atoms with Crippen LogP contribution in [-0.4, -0.2) is 25.2 Å². The SMILES string of the molecule is Clc1ccccc1N1CCNC2(CCCC2)C1. The summed E-state index contributed by atoms with van der Waals surface area (Å²) in [6.45, 7) is 3.24. The van der Waals surface area contributed by atoms with Crippen LogP contribution < -0.4 is 10.2 Å². The zero-order chi connectivity index (χ0) is 11.7. The van der Waals surface area contributed by atoms with Crippen LogP contribution in [0.2, 0.25) is 5.02 Å². The van der Waals surface area contributed by atoms with Crippen LogP contribution in [0.25, 0.3) is 0 Å². The van der Waals surface area contributed by atoms with E-state index in [4.69, 9.17) is 11.6 Å². The summed E-state index contributed by atoms with van der Waals surface area (Å²) < 4.78 is 0. The van der Waals surface area contributed by atoms with Gasteiger partial charge < -0.3 is 10.2 Å². The number of nitrogens with zero attached hydrogens (tertiary/aromatic N) is 1. The van der Waals surface area contributed by atoms with E-state index in [0.717, 1.165) is 24.7 Å². The van der Waals surface area contributed by atoms with E-state index in [1.54, 1.807) is 0 Å². The van der Waals surface area contributed by atoms with Gasteiger partial charge in [0.15, 0.2) is 0 Å². The van der Waals surface area contributed by atoms with Gasteiger partial charge in [0.1, 0.15) is 0 Å². The van der Waals surface area contributed by atoms with E-state index >= 15 is 0 Å². The first kappa shape index (κ1) is 11.4. The zero-order valence-electron chi connectivity index (χ0n) is 10.1. The summed E-state index contributed by atoms with van der Waals surface area (Å²) in [7, 11) is 0. The van der Waals surface area contributed by atoms with Crippen molar-refractivity contribution in [3.63, 3.8) is 0 Å². The molecule has 2 aliphatic rings. The fourth-order valence-corrected chi connectivity index (χ4v) is 3.51. The average Bonchev–Trinajstić information content (AvgIpc) is 2.78. The number of hydrogen-bond acceptors (Lipinski definition) is 2. The second kappa shape index (κ2) is 4.51. The Morgan fingerprint density at radius 3 is 2.71 bits per heavy atom. The van der Waals surface area contributed by atoms with Crippen LogP contribution in [-0.2, 0) is 0 Å². The molecule has 0 amide bonds. The lowest BCUT2D eigenvalue weighted by molar-refractivity contribution is 0.304. The van der Waals surface area contributed by atoms with Crippen LogP contribution in [0.15, 0.2) is 24.3 Å². The Bertz CT molecular complexity index is 399. The van der Waals surface area contributed by atoms with E-state index in [1.807, 2.05) is 12.1 Å². The highest BCUT2D eigenvalue weighted by atomic mass is 35.5. The fraction of sp³-hybridized carbons (Fsp3) is 0.571. The Morgan fingerprint density at radius 2 is 1.94 bits per heavy atom. The molecule has 2 nitrogen and oxygen atoms in total. The van der Waals surface area contributed by atoms with Gasteiger partial charge in [0.25, 0.3) is 0 Å². The summed E-state index contributed by atoms with van der Waals surface area (Å²) in [5.41, 5.74) is 1.55. The third-order valence-corrected chi connectivity index (χ3v) is 4.45. The highest BCUT2D eigenvalue weighted by Gasteiger charge is 2.37. The molecule has 92 valence electrons. The molecule has 1 spiro atoms. The first-order valence-corrected chi connectivity index (χ1v) is 6.91. The van der Waals surface area contributed by atoms with E-state index in [1.165, 1.54) is 31.4 Å². The number of para-hydroxylation sites is 1. The predicted molar refractivity (Wildman–Crippen MR) is 72.9 cm³/mol. The fourth-order valence-electron chi connectivity index (χ4n) is 3.26. The van der Waals surface area contributed by atoms with Gasteiger partial charge in [-0.1, -0.05) is 36.6 Å². The number of benzene rings is 1. The van der Waals surface area contributed by atoms with Crippen LogP contribution >= 0.6 is 11.6 Å². The molecule has 0 aromatic heterocycles. The Balaban J connectivity index is 1.82. The zero-order valence-corrected chi connectivity index (χ0v) is 10.8. The smallest absolute Gasteiger partial charge is 0.0639 e. The molecule has 1 aromatic carbocycles. The Hall–Kier alpha value is -0.730. The average molecular weight is 251 g/mol. The van der Waals surface area contributed by atoms with Crippen LogP contribution in [0.1, 0.15) is 25.7 Å². The lowest BCUT2D eigenvalue weighted by Gasteiger charge is -2.43. The Labute approximate surface area is 108 Å². The maximum Gasteiger partial charge on any atom is 0.0639 e. The van der Waals surface area contributed by atoms with Gasteiger partial charge in [-0.2, -0.15) is 0 Å². The molecule has 0 radical (unpaired) electrons. The van der Waals surface area contributed by atoms with Gasteiger partial charge >= 0.3 is 0 Å². The Morgan fingerprint density at radius 1 is 1.18 bits per heavy atom. The molecule has 1 aromatic rings. The Kier molecular flexibility index (Phi) is 3.01. The molecule has 1 saturated heterocycles. The van der Waals surface area contributed by atoms with Gasteiger partial charge in [-0.3, -0.25) is 0 Å². The second-order valence-electron chi connectivity index (χ2n) is 5.29. The summed E-state index contributed by atoms with van der Waals surface area (Å²) in [5, 5.41) is 4.61. The van der Waals surface area contributed by atoms with Gasteiger partial charge in [-0.05, 0) is 25.0 Å². The molecule has 0 unspecified atom stereocenters. The molecule has 1 aliphatic carbocycles. The molecule has 1 N–H and O–H groups in total. The van der Waals surface area contributed by atoms with Gasteiger partial charge in [-0.25, -0.2) is 0 Å². The van der Waals surface area contributed by atoms with Crippen molar-refractivity contribution in [2.45, 2.75) is 31.2 Å². The first-order chi connectivity index (χ1) is 8.29. The van der Waals surface area contributed by atoms with E-state index in [0.29, 0.717) is 5.54 Å². The molecular formula is C14H19ClN2. The largest absolute Gasteiger partial charge is 0.367 e. The second-order valence-corrected chi connectivity index (χ2v) is 5.69. The molecule has 3 rings (SSSR count). The molecule has 0 atom stereocenters. The minimum Gasteiger partial charge on any atom is -0.367 e. The number of piperazine rings is 1. The molecule has 17 heavy (non-hydrogen) atoms. The molecule has 1 heterocycles. The van der Waals surface area contributed by atoms with Crippen LogP contribution in [0.3, 0.4) is 0 Å². The van der Waals surface area contributed by atoms with E-state index in [2.05, 4.69) is 22.3 Å². The maximum atomic E-state index is 6.29. The van der Waals surface area contributed by atoms with Gasteiger partial charge in [0.05, 0.1) is 10.7 Å².